The maximum Gasteiger partial charge on any atom is 0.309 e. The fourth-order valence-corrected chi connectivity index (χ4v) is 3.75. The molecular weight excluding hydrogens is 220 g/mol. The minimum atomic E-state index is -0.0737. The molecule has 0 aromatic carbocycles. The molecule has 0 bridgehead atoms. The van der Waals surface area contributed by atoms with Gasteiger partial charge in [-0.15, -0.1) is 0 Å². The Labute approximate surface area is 104 Å². The van der Waals surface area contributed by atoms with Crippen LogP contribution in [-0.4, -0.2) is 24.1 Å². The zero-order valence-electron chi connectivity index (χ0n) is 10.7. The van der Waals surface area contributed by atoms with Crippen molar-refractivity contribution in [1.29, 1.82) is 0 Å². The highest BCUT2D eigenvalue weighted by molar-refractivity contribution is 7.99. The second-order valence-electron chi connectivity index (χ2n) is 4.82. The molecule has 0 spiro atoms. The third kappa shape index (κ3) is 4.36. The fraction of sp³-hybridized carbons (Fsp3) is 0.923. The van der Waals surface area contributed by atoms with Crippen molar-refractivity contribution in [2.75, 3.05) is 12.9 Å². The molecule has 16 heavy (non-hydrogen) atoms. The summed E-state index contributed by atoms with van der Waals surface area (Å²) in [6, 6.07) is 0. The molecule has 1 saturated carbocycles. The van der Waals surface area contributed by atoms with E-state index >= 15 is 0 Å². The highest BCUT2D eigenvalue weighted by Gasteiger charge is 2.22. The lowest BCUT2D eigenvalue weighted by atomic mass is 9.87. The molecule has 0 aliphatic heterocycles. The van der Waals surface area contributed by atoms with E-state index in [2.05, 4.69) is 6.92 Å². The van der Waals surface area contributed by atoms with Crippen LogP contribution in [0, 0.1) is 11.8 Å². The van der Waals surface area contributed by atoms with Crippen molar-refractivity contribution in [2.24, 2.45) is 11.8 Å². The van der Waals surface area contributed by atoms with E-state index in [0.717, 1.165) is 16.9 Å². The van der Waals surface area contributed by atoms with Gasteiger partial charge in [-0.3, -0.25) is 4.79 Å². The van der Waals surface area contributed by atoms with Gasteiger partial charge in [0.25, 0.3) is 0 Å². The normalized spacial score (nSPS) is 27.4. The van der Waals surface area contributed by atoms with Crippen LogP contribution in [0.25, 0.3) is 0 Å². The van der Waals surface area contributed by atoms with Crippen molar-refractivity contribution in [3.8, 4) is 0 Å². The van der Waals surface area contributed by atoms with Crippen LogP contribution in [0.4, 0.5) is 0 Å². The second-order valence-corrected chi connectivity index (χ2v) is 6.15. The van der Waals surface area contributed by atoms with Gasteiger partial charge in [-0.25, -0.2) is 0 Å². The molecule has 0 saturated heterocycles. The van der Waals surface area contributed by atoms with Crippen molar-refractivity contribution in [3.05, 3.63) is 0 Å². The molecule has 1 aliphatic carbocycles. The van der Waals surface area contributed by atoms with Gasteiger partial charge in [-0.2, -0.15) is 11.8 Å². The quantitative estimate of drug-likeness (QED) is 0.692. The Morgan fingerprint density at radius 1 is 1.50 bits per heavy atom. The number of rotatable bonds is 5. The number of carbonyl (C=O) groups is 1. The number of ether oxygens (including phenoxy) is 1. The van der Waals surface area contributed by atoms with Crippen molar-refractivity contribution in [1.82, 2.24) is 0 Å². The van der Waals surface area contributed by atoms with E-state index in [1.807, 2.05) is 18.7 Å². The number of carbonyl (C=O) groups excluding carboxylic acids is 1. The summed E-state index contributed by atoms with van der Waals surface area (Å²) in [5.41, 5.74) is 0. The maximum absolute atomic E-state index is 11.3. The number of hydrogen-bond acceptors (Lipinski definition) is 3. The van der Waals surface area contributed by atoms with Gasteiger partial charge in [0.05, 0.1) is 13.0 Å². The summed E-state index contributed by atoms with van der Waals surface area (Å²) < 4.78 is 4.74. The van der Waals surface area contributed by atoms with Crippen LogP contribution < -0.4 is 0 Å². The van der Waals surface area contributed by atoms with Crippen LogP contribution in [0.1, 0.15) is 46.0 Å². The molecular formula is C13H24O2S. The first kappa shape index (κ1) is 13.9. The van der Waals surface area contributed by atoms with E-state index in [0.29, 0.717) is 0 Å². The van der Waals surface area contributed by atoms with Gasteiger partial charge in [-0.1, -0.05) is 33.1 Å². The average Bonchev–Trinajstić information content (AvgIpc) is 2.35. The smallest absolute Gasteiger partial charge is 0.309 e. The minimum Gasteiger partial charge on any atom is -0.469 e. The fourth-order valence-electron chi connectivity index (χ4n) is 2.31. The largest absolute Gasteiger partial charge is 0.469 e. The first-order valence-corrected chi connectivity index (χ1v) is 7.41. The minimum absolute atomic E-state index is 0.0389. The van der Waals surface area contributed by atoms with E-state index in [1.165, 1.54) is 39.2 Å². The Bertz CT molecular complexity index is 218. The van der Waals surface area contributed by atoms with Gasteiger partial charge in [0.15, 0.2) is 0 Å². The molecule has 3 atom stereocenters. The molecule has 1 rings (SSSR count). The van der Waals surface area contributed by atoms with Gasteiger partial charge in [0.1, 0.15) is 0 Å². The topological polar surface area (TPSA) is 26.3 Å². The summed E-state index contributed by atoms with van der Waals surface area (Å²) in [6.07, 6.45) is 6.75. The van der Waals surface area contributed by atoms with Crippen molar-refractivity contribution >= 4 is 17.7 Å². The SMILES string of the molecule is CCC1CCCC(SCC(C)C(=O)OC)C1. The number of esters is 1. The molecule has 1 fully saturated rings. The van der Waals surface area contributed by atoms with Crippen LogP contribution in [0.15, 0.2) is 0 Å². The first-order valence-electron chi connectivity index (χ1n) is 6.36. The Hall–Kier alpha value is -0.180. The van der Waals surface area contributed by atoms with E-state index in [1.54, 1.807) is 0 Å². The number of methoxy groups -OCH3 is 1. The van der Waals surface area contributed by atoms with Crippen LogP contribution in [0.5, 0.6) is 0 Å². The molecule has 0 radical (unpaired) electrons. The van der Waals surface area contributed by atoms with E-state index in [9.17, 15) is 4.79 Å². The molecule has 0 heterocycles. The molecule has 0 amide bonds. The highest BCUT2D eigenvalue weighted by atomic mass is 32.2. The lowest BCUT2D eigenvalue weighted by Crippen LogP contribution is -2.20. The zero-order valence-corrected chi connectivity index (χ0v) is 11.5. The Balaban J connectivity index is 2.24. The standard InChI is InChI=1S/C13H24O2S/c1-4-11-6-5-7-12(8-11)16-9-10(2)13(14)15-3/h10-12H,4-9H2,1-3H3. The number of thioether (sulfide) groups is 1. The Morgan fingerprint density at radius 3 is 2.88 bits per heavy atom. The number of hydrogen-bond donors (Lipinski definition) is 0. The maximum atomic E-state index is 11.3. The summed E-state index contributed by atoms with van der Waals surface area (Å²) >= 11 is 1.97. The molecule has 0 N–H and O–H groups in total. The highest BCUT2D eigenvalue weighted by Crippen LogP contribution is 2.34. The molecule has 2 nitrogen and oxygen atoms in total. The summed E-state index contributed by atoms with van der Waals surface area (Å²) in [7, 11) is 1.47. The summed E-state index contributed by atoms with van der Waals surface area (Å²) in [6.45, 7) is 4.24. The van der Waals surface area contributed by atoms with E-state index in [4.69, 9.17) is 4.74 Å². The summed E-state index contributed by atoms with van der Waals surface area (Å²) in [5, 5.41) is 0.769. The average molecular weight is 244 g/mol. The van der Waals surface area contributed by atoms with Crippen molar-refractivity contribution < 1.29 is 9.53 Å². The van der Waals surface area contributed by atoms with Crippen LogP contribution in [0.3, 0.4) is 0 Å². The van der Waals surface area contributed by atoms with Crippen LogP contribution >= 0.6 is 11.8 Å². The van der Waals surface area contributed by atoms with E-state index in [-0.39, 0.29) is 11.9 Å². The van der Waals surface area contributed by atoms with Crippen LogP contribution in [-0.2, 0) is 9.53 Å². The molecule has 94 valence electrons. The lowest BCUT2D eigenvalue weighted by Gasteiger charge is -2.28. The predicted octanol–water partition coefficient (Wildman–Crippen LogP) is 3.50. The van der Waals surface area contributed by atoms with Gasteiger partial charge >= 0.3 is 5.97 Å². The molecule has 0 aromatic rings. The second kappa shape index (κ2) is 7.21. The molecule has 1 aliphatic rings. The molecule has 3 heteroatoms. The van der Waals surface area contributed by atoms with Gasteiger partial charge < -0.3 is 4.74 Å². The van der Waals surface area contributed by atoms with Crippen molar-refractivity contribution in [3.63, 3.8) is 0 Å². The summed E-state index contributed by atoms with van der Waals surface area (Å²) in [4.78, 5) is 11.3. The van der Waals surface area contributed by atoms with Crippen molar-refractivity contribution in [2.45, 2.75) is 51.2 Å². The Kier molecular flexibility index (Phi) is 6.25. The van der Waals surface area contributed by atoms with Crippen LogP contribution in [0.2, 0.25) is 0 Å². The first-order chi connectivity index (χ1) is 7.67. The molecule has 3 unspecified atom stereocenters. The third-order valence-electron chi connectivity index (χ3n) is 3.50. The molecule has 0 aromatic heterocycles. The summed E-state index contributed by atoms with van der Waals surface area (Å²) in [5.74, 6) is 1.79. The van der Waals surface area contributed by atoms with Gasteiger partial charge in [0, 0.05) is 11.0 Å². The monoisotopic (exact) mass is 244 g/mol. The predicted molar refractivity (Wildman–Crippen MR) is 69.7 cm³/mol. The third-order valence-corrected chi connectivity index (χ3v) is 5.09. The zero-order chi connectivity index (χ0) is 12.0. The van der Waals surface area contributed by atoms with E-state index < -0.39 is 0 Å². The van der Waals surface area contributed by atoms with Gasteiger partial charge in [0.2, 0.25) is 0 Å². The lowest BCUT2D eigenvalue weighted by molar-refractivity contribution is -0.143. The Morgan fingerprint density at radius 2 is 2.25 bits per heavy atom. The van der Waals surface area contributed by atoms with Gasteiger partial charge in [-0.05, 0) is 18.8 Å².